The van der Waals surface area contributed by atoms with Gasteiger partial charge in [0.2, 0.25) is 28.6 Å². The molecule has 1 atom stereocenters. The number of ether oxygens (including phenoxy) is 2. The Labute approximate surface area is 207 Å². The maximum absolute atomic E-state index is 13.6. The highest BCUT2D eigenvalue weighted by atomic mass is 32.2. The van der Waals surface area contributed by atoms with Crippen LogP contribution in [0.4, 0.5) is 5.69 Å². The molecule has 190 valence electrons. The molecule has 2 aromatic rings. The molecule has 0 aromatic heterocycles. The Bertz CT molecular complexity index is 1170. The van der Waals surface area contributed by atoms with Crippen molar-refractivity contribution in [3.8, 4) is 11.5 Å². The number of carbonyl (C=O) groups excluding carboxylic acids is 2. The van der Waals surface area contributed by atoms with Crippen LogP contribution in [0.25, 0.3) is 0 Å². The number of carbonyl (C=O) groups is 2. The Kier molecular flexibility index (Phi) is 8.61. The van der Waals surface area contributed by atoms with Crippen molar-refractivity contribution in [2.24, 2.45) is 0 Å². The van der Waals surface area contributed by atoms with Gasteiger partial charge in [0.15, 0.2) is 11.5 Å². The van der Waals surface area contributed by atoms with Crippen LogP contribution >= 0.6 is 0 Å². The third-order valence-electron chi connectivity index (χ3n) is 5.78. The Morgan fingerprint density at radius 3 is 2.51 bits per heavy atom. The van der Waals surface area contributed by atoms with E-state index in [1.54, 1.807) is 25.1 Å². The number of aryl methyl sites for hydroxylation is 1. The molecule has 1 heterocycles. The van der Waals surface area contributed by atoms with Crippen LogP contribution in [0, 0.1) is 6.92 Å². The van der Waals surface area contributed by atoms with E-state index >= 15 is 0 Å². The predicted octanol–water partition coefficient (Wildman–Crippen LogP) is 2.82. The van der Waals surface area contributed by atoms with Crippen LogP contribution in [0.5, 0.6) is 11.5 Å². The average molecular weight is 504 g/mol. The van der Waals surface area contributed by atoms with Crippen LogP contribution in [0.3, 0.4) is 0 Å². The maximum atomic E-state index is 13.6. The van der Waals surface area contributed by atoms with Gasteiger partial charge >= 0.3 is 0 Å². The minimum absolute atomic E-state index is 0.0485. The van der Waals surface area contributed by atoms with Gasteiger partial charge in [0.05, 0.1) is 11.4 Å². The molecule has 0 unspecified atom stereocenters. The van der Waals surface area contributed by atoms with Gasteiger partial charge < -0.3 is 19.7 Å². The van der Waals surface area contributed by atoms with Gasteiger partial charge in [0.25, 0.3) is 0 Å². The van der Waals surface area contributed by atoms with E-state index in [9.17, 15) is 18.0 Å². The van der Waals surface area contributed by atoms with Gasteiger partial charge in [-0.25, -0.2) is 8.42 Å². The normalized spacial score (nSPS) is 13.3. The van der Waals surface area contributed by atoms with Crippen LogP contribution in [0.2, 0.25) is 0 Å². The van der Waals surface area contributed by atoms with Gasteiger partial charge in [0.1, 0.15) is 12.6 Å². The summed E-state index contributed by atoms with van der Waals surface area (Å²) in [5.41, 5.74) is 2.16. The Balaban J connectivity index is 1.93. The molecule has 2 amide bonds. The summed E-state index contributed by atoms with van der Waals surface area (Å²) < 4.78 is 37.8. The van der Waals surface area contributed by atoms with Gasteiger partial charge in [-0.05, 0) is 44.9 Å². The molecule has 9 nitrogen and oxygen atoms in total. The summed E-state index contributed by atoms with van der Waals surface area (Å²) in [5, 5.41) is 2.82. The zero-order chi connectivity index (χ0) is 25.6. The number of benzene rings is 2. The van der Waals surface area contributed by atoms with Crippen LogP contribution in [-0.4, -0.2) is 56.8 Å². The fourth-order valence-electron chi connectivity index (χ4n) is 3.75. The lowest BCUT2D eigenvalue weighted by Gasteiger charge is -2.32. The molecule has 0 spiro atoms. The van der Waals surface area contributed by atoms with E-state index in [2.05, 4.69) is 5.32 Å². The van der Waals surface area contributed by atoms with Crippen molar-refractivity contribution >= 4 is 27.5 Å². The fraction of sp³-hybridized carbons (Fsp3) is 0.440. The van der Waals surface area contributed by atoms with Gasteiger partial charge in [-0.1, -0.05) is 36.8 Å². The van der Waals surface area contributed by atoms with Gasteiger partial charge in [-0.15, -0.1) is 0 Å². The van der Waals surface area contributed by atoms with Crippen LogP contribution in [0.1, 0.15) is 38.3 Å². The molecule has 0 bridgehead atoms. The number of rotatable bonds is 11. The quantitative estimate of drug-likeness (QED) is 0.506. The molecule has 0 fully saturated rings. The van der Waals surface area contributed by atoms with E-state index in [4.69, 9.17) is 9.47 Å². The standard InChI is InChI=1S/C25H33N3O6S/c1-5-12-26-25(30)19(4)27(15-20-9-7-8-18(3)13-20)24(29)16-28(35(31,32)6-2)21-10-11-22-23(14-21)34-17-33-22/h7-11,13-14,19H,5-6,12,15-17H2,1-4H3,(H,26,30)/t19-/m0/s1. The smallest absolute Gasteiger partial charge is 0.244 e. The van der Waals surface area contributed by atoms with Gasteiger partial charge in [0, 0.05) is 19.2 Å². The second-order valence-corrected chi connectivity index (χ2v) is 10.6. The number of sulfonamides is 1. The molecule has 1 aliphatic rings. The Morgan fingerprint density at radius 1 is 1.09 bits per heavy atom. The monoisotopic (exact) mass is 503 g/mol. The van der Waals surface area contributed by atoms with Crippen molar-refractivity contribution in [2.45, 2.75) is 46.7 Å². The lowest BCUT2D eigenvalue weighted by molar-refractivity contribution is -0.139. The van der Waals surface area contributed by atoms with E-state index in [1.807, 2.05) is 38.1 Å². The van der Waals surface area contributed by atoms with Gasteiger partial charge in [-0.2, -0.15) is 0 Å². The van der Waals surface area contributed by atoms with E-state index in [1.165, 1.54) is 11.8 Å². The molecule has 0 aliphatic carbocycles. The van der Waals surface area contributed by atoms with Gasteiger partial charge in [-0.3, -0.25) is 13.9 Å². The van der Waals surface area contributed by atoms with E-state index in [0.29, 0.717) is 23.7 Å². The van der Waals surface area contributed by atoms with E-state index < -0.39 is 28.5 Å². The average Bonchev–Trinajstić information content (AvgIpc) is 3.31. The zero-order valence-corrected chi connectivity index (χ0v) is 21.4. The van der Waals surface area contributed by atoms with Crippen LogP contribution < -0.4 is 19.1 Å². The summed E-state index contributed by atoms with van der Waals surface area (Å²) >= 11 is 0. The largest absolute Gasteiger partial charge is 0.454 e. The van der Waals surface area contributed by atoms with Crippen molar-refractivity contribution in [2.75, 3.05) is 29.9 Å². The molecule has 2 aromatic carbocycles. The van der Waals surface area contributed by atoms with Crippen molar-refractivity contribution in [1.29, 1.82) is 0 Å². The summed E-state index contributed by atoms with van der Waals surface area (Å²) in [6, 6.07) is 11.6. The third kappa shape index (κ3) is 6.45. The molecule has 0 saturated carbocycles. The highest BCUT2D eigenvalue weighted by Gasteiger charge is 2.31. The molecule has 35 heavy (non-hydrogen) atoms. The van der Waals surface area contributed by atoms with E-state index in [0.717, 1.165) is 21.9 Å². The van der Waals surface area contributed by atoms with Crippen LogP contribution in [0.15, 0.2) is 42.5 Å². The first kappa shape index (κ1) is 26.3. The summed E-state index contributed by atoms with van der Waals surface area (Å²) in [4.78, 5) is 27.8. The number of hydrogen-bond acceptors (Lipinski definition) is 6. The highest BCUT2D eigenvalue weighted by Crippen LogP contribution is 2.36. The number of anilines is 1. The second-order valence-electron chi connectivity index (χ2n) is 8.42. The summed E-state index contributed by atoms with van der Waals surface area (Å²) in [6.07, 6.45) is 0.761. The minimum atomic E-state index is -3.81. The molecule has 1 aliphatic heterocycles. The molecule has 0 radical (unpaired) electrons. The zero-order valence-electron chi connectivity index (χ0n) is 20.6. The predicted molar refractivity (Wildman–Crippen MR) is 134 cm³/mol. The Morgan fingerprint density at radius 2 is 1.83 bits per heavy atom. The fourth-order valence-corrected chi connectivity index (χ4v) is 4.80. The molecular weight excluding hydrogens is 470 g/mol. The lowest BCUT2D eigenvalue weighted by atomic mass is 10.1. The maximum Gasteiger partial charge on any atom is 0.244 e. The topological polar surface area (TPSA) is 105 Å². The van der Waals surface area contributed by atoms with Crippen molar-refractivity contribution in [1.82, 2.24) is 10.2 Å². The number of amides is 2. The van der Waals surface area contributed by atoms with Crippen LogP contribution in [-0.2, 0) is 26.2 Å². The van der Waals surface area contributed by atoms with Crippen molar-refractivity contribution in [3.63, 3.8) is 0 Å². The molecule has 0 saturated heterocycles. The summed E-state index contributed by atoms with van der Waals surface area (Å²) in [5.74, 6) is -0.0494. The number of fused-ring (bicyclic) bond motifs is 1. The SMILES string of the molecule is CCCNC(=O)[C@H](C)N(Cc1cccc(C)c1)C(=O)CN(c1ccc2c(c1)OCO2)S(=O)(=O)CC. The first-order chi connectivity index (χ1) is 16.7. The number of nitrogens with zero attached hydrogens (tertiary/aromatic N) is 2. The number of nitrogens with one attached hydrogen (secondary N) is 1. The Hall–Kier alpha value is -3.27. The molecular formula is C25H33N3O6S. The molecule has 1 N–H and O–H groups in total. The summed E-state index contributed by atoms with van der Waals surface area (Å²) in [6.45, 7) is 7.32. The van der Waals surface area contributed by atoms with Crippen molar-refractivity contribution < 1.29 is 27.5 Å². The highest BCUT2D eigenvalue weighted by molar-refractivity contribution is 7.92. The third-order valence-corrected chi connectivity index (χ3v) is 7.52. The van der Waals surface area contributed by atoms with Crippen molar-refractivity contribution in [3.05, 3.63) is 53.6 Å². The first-order valence-electron chi connectivity index (χ1n) is 11.7. The lowest BCUT2D eigenvalue weighted by Crippen LogP contribution is -2.51. The summed E-state index contributed by atoms with van der Waals surface area (Å²) in [7, 11) is -3.81. The van der Waals surface area contributed by atoms with E-state index in [-0.39, 0.29) is 25.0 Å². The molecule has 10 heteroatoms. The molecule has 3 rings (SSSR count). The first-order valence-corrected chi connectivity index (χ1v) is 13.3. The number of hydrogen-bond donors (Lipinski definition) is 1. The minimum Gasteiger partial charge on any atom is -0.454 e. The second kappa shape index (κ2) is 11.4.